The molecule has 1 N–H and O–H groups in total. The summed E-state index contributed by atoms with van der Waals surface area (Å²) in [5.41, 5.74) is 0.983. The summed E-state index contributed by atoms with van der Waals surface area (Å²) >= 11 is 0. The van der Waals surface area contributed by atoms with Crippen molar-refractivity contribution in [3.8, 4) is 0 Å². The highest BCUT2D eigenvalue weighted by Gasteiger charge is 2.30. The first kappa shape index (κ1) is 15.3. The van der Waals surface area contributed by atoms with Gasteiger partial charge < -0.3 is 10.2 Å². The number of nitrogens with one attached hydrogen (secondary N) is 1. The third kappa shape index (κ3) is 3.61. The third-order valence-corrected chi connectivity index (χ3v) is 5.47. The minimum Gasteiger partial charge on any atom is -0.371 e. The average molecular weight is 322 g/mol. The van der Waals surface area contributed by atoms with Gasteiger partial charge in [0.1, 0.15) is 0 Å². The van der Waals surface area contributed by atoms with E-state index in [9.17, 15) is 13.2 Å². The Kier molecular flexibility index (Phi) is 4.12. The van der Waals surface area contributed by atoms with E-state index in [0.717, 1.165) is 37.9 Å². The van der Waals surface area contributed by atoms with Gasteiger partial charge in [-0.05, 0) is 49.9 Å². The lowest BCUT2D eigenvalue weighted by Crippen LogP contribution is -2.43. The summed E-state index contributed by atoms with van der Waals surface area (Å²) in [7, 11) is -3.16. The molecule has 1 saturated carbocycles. The van der Waals surface area contributed by atoms with Gasteiger partial charge in [0.05, 0.1) is 10.8 Å². The van der Waals surface area contributed by atoms with Crippen LogP contribution in [0.25, 0.3) is 0 Å². The molecule has 5 nitrogen and oxygen atoms in total. The number of anilines is 1. The molecule has 1 amide bonds. The molecular weight excluding hydrogens is 300 g/mol. The van der Waals surface area contributed by atoms with E-state index < -0.39 is 9.84 Å². The monoisotopic (exact) mass is 322 g/mol. The first-order valence-corrected chi connectivity index (χ1v) is 9.68. The smallest absolute Gasteiger partial charge is 0.225 e. The molecule has 1 atom stereocenters. The topological polar surface area (TPSA) is 66.5 Å². The molecular formula is C16H22N2O3S. The maximum atomic E-state index is 12.2. The van der Waals surface area contributed by atoms with Crippen LogP contribution in [0.1, 0.15) is 25.7 Å². The van der Waals surface area contributed by atoms with Crippen LogP contribution in [-0.4, -0.2) is 39.7 Å². The van der Waals surface area contributed by atoms with Gasteiger partial charge in [-0.25, -0.2) is 8.42 Å². The number of rotatable bonds is 4. The number of amides is 1. The van der Waals surface area contributed by atoms with Crippen LogP contribution in [0.2, 0.25) is 0 Å². The molecule has 3 rings (SSSR count). The second kappa shape index (κ2) is 5.91. The van der Waals surface area contributed by atoms with Crippen molar-refractivity contribution in [1.82, 2.24) is 5.32 Å². The van der Waals surface area contributed by atoms with Crippen LogP contribution in [0.4, 0.5) is 5.69 Å². The van der Waals surface area contributed by atoms with Gasteiger partial charge in [-0.15, -0.1) is 0 Å². The summed E-state index contributed by atoms with van der Waals surface area (Å²) in [6, 6.07) is 7.34. The molecule has 120 valence electrons. The number of piperidine rings is 1. The molecule has 1 aliphatic carbocycles. The van der Waals surface area contributed by atoms with Crippen LogP contribution in [-0.2, 0) is 14.6 Å². The average Bonchev–Trinajstić information content (AvgIpc) is 3.30. The van der Waals surface area contributed by atoms with Crippen LogP contribution >= 0.6 is 0 Å². The standard InChI is InChI=1S/C16H22N2O3S/c1-22(20,21)15-8-6-14(7-9-15)18-10-2-3-12(11-18)16(19)17-13-4-5-13/h6-9,12-13H,2-5,10-11H2,1H3,(H,17,19). The van der Waals surface area contributed by atoms with Crippen LogP contribution in [0, 0.1) is 5.92 Å². The van der Waals surface area contributed by atoms with Crippen molar-refractivity contribution < 1.29 is 13.2 Å². The Morgan fingerprint density at radius 3 is 2.45 bits per heavy atom. The largest absolute Gasteiger partial charge is 0.371 e. The van der Waals surface area contributed by atoms with Crippen LogP contribution in [0.15, 0.2) is 29.2 Å². The highest BCUT2D eigenvalue weighted by Crippen LogP contribution is 2.26. The first-order chi connectivity index (χ1) is 10.4. The predicted octanol–water partition coefficient (Wildman–Crippen LogP) is 1.59. The number of carbonyl (C=O) groups is 1. The zero-order valence-corrected chi connectivity index (χ0v) is 13.6. The number of sulfone groups is 1. The lowest BCUT2D eigenvalue weighted by Gasteiger charge is -2.33. The molecule has 1 aromatic rings. The van der Waals surface area contributed by atoms with Crippen LogP contribution < -0.4 is 10.2 Å². The molecule has 1 aliphatic heterocycles. The predicted molar refractivity (Wildman–Crippen MR) is 85.7 cm³/mol. The van der Waals surface area contributed by atoms with Gasteiger partial charge in [0.2, 0.25) is 5.91 Å². The van der Waals surface area contributed by atoms with Gasteiger partial charge in [-0.3, -0.25) is 4.79 Å². The van der Waals surface area contributed by atoms with Crippen LogP contribution in [0.3, 0.4) is 0 Å². The summed E-state index contributed by atoms with van der Waals surface area (Å²) in [4.78, 5) is 14.7. The van der Waals surface area contributed by atoms with Gasteiger partial charge in [0.25, 0.3) is 0 Å². The van der Waals surface area contributed by atoms with Gasteiger partial charge in [0, 0.05) is 31.1 Å². The Balaban J connectivity index is 1.67. The molecule has 6 heteroatoms. The van der Waals surface area contributed by atoms with E-state index in [1.807, 2.05) is 12.1 Å². The molecule has 2 fully saturated rings. The molecule has 0 aromatic heterocycles. The van der Waals surface area contributed by atoms with Gasteiger partial charge in [-0.1, -0.05) is 0 Å². The maximum Gasteiger partial charge on any atom is 0.225 e. The Morgan fingerprint density at radius 2 is 1.86 bits per heavy atom. The fraction of sp³-hybridized carbons (Fsp3) is 0.562. The van der Waals surface area contributed by atoms with E-state index in [4.69, 9.17) is 0 Å². The van der Waals surface area contributed by atoms with E-state index >= 15 is 0 Å². The number of carbonyl (C=O) groups excluding carboxylic acids is 1. The lowest BCUT2D eigenvalue weighted by atomic mass is 9.96. The Labute approximate surface area is 131 Å². The molecule has 22 heavy (non-hydrogen) atoms. The first-order valence-electron chi connectivity index (χ1n) is 7.79. The molecule has 0 bridgehead atoms. The van der Waals surface area contributed by atoms with Gasteiger partial charge in [-0.2, -0.15) is 0 Å². The van der Waals surface area contributed by atoms with Crippen LogP contribution in [0.5, 0.6) is 0 Å². The maximum absolute atomic E-state index is 12.2. The van der Waals surface area contributed by atoms with Crippen molar-refractivity contribution in [3.05, 3.63) is 24.3 Å². The zero-order valence-electron chi connectivity index (χ0n) is 12.8. The zero-order chi connectivity index (χ0) is 15.7. The lowest BCUT2D eigenvalue weighted by molar-refractivity contribution is -0.125. The van der Waals surface area contributed by atoms with Crippen molar-refractivity contribution in [1.29, 1.82) is 0 Å². The summed E-state index contributed by atoms with van der Waals surface area (Å²) in [5.74, 6) is 0.198. The number of hydrogen-bond donors (Lipinski definition) is 1. The summed E-state index contributed by atoms with van der Waals surface area (Å²) in [5, 5.41) is 3.08. The van der Waals surface area contributed by atoms with Crippen molar-refractivity contribution in [3.63, 3.8) is 0 Å². The fourth-order valence-corrected chi connectivity index (χ4v) is 3.51. The third-order valence-electron chi connectivity index (χ3n) is 4.35. The molecule has 1 aromatic carbocycles. The Hall–Kier alpha value is -1.56. The SMILES string of the molecule is CS(=O)(=O)c1ccc(N2CCCC(C(=O)NC3CC3)C2)cc1. The second-order valence-electron chi connectivity index (χ2n) is 6.33. The minimum atomic E-state index is -3.16. The normalized spacial score (nSPS) is 22.4. The molecule has 2 aliphatic rings. The summed E-state index contributed by atoms with van der Waals surface area (Å²) < 4.78 is 23.0. The van der Waals surface area contributed by atoms with E-state index in [2.05, 4.69) is 10.2 Å². The fourth-order valence-electron chi connectivity index (χ4n) is 2.88. The number of benzene rings is 1. The van der Waals surface area contributed by atoms with E-state index in [1.165, 1.54) is 6.26 Å². The highest BCUT2D eigenvalue weighted by molar-refractivity contribution is 7.90. The Bertz CT molecular complexity index is 650. The molecule has 0 radical (unpaired) electrons. The van der Waals surface area contributed by atoms with E-state index in [1.54, 1.807) is 12.1 Å². The molecule has 0 spiro atoms. The molecule has 1 saturated heterocycles. The van der Waals surface area contributed by atoms with Gasteiger partial charge in [0.15, 0.2) is 9.84 Å². The quantitative estimate of drug-likeness (QED) is 0.914. The van der Waals surface area contributed by atoms with Crippen molar-refractivity contribution >= 4 is 21.4 Å². The Morgan fingerprint density at radius 1 is 1.18 bits per heavy atom. The molecule has 1 unspecified atom stereocenters. The summed E-state index contributed by atoms with van der Waals surface area (Å²) in [6.45, 7) is 1.61. The van der Waals surface area contributed by atoms with E-state index in [0.29, 0.717) is 17.5 Å². The number of hydrogen-bond acceptors (Lipinski definition) is 4. The van der Waals surface area contributed by atoms with Crippen molar-refractivity contribution in [2.45, 2.75) is 36.6 Å². The second-order valence-corrected chi connectivity index (χ2v) is 8.35. The summed E-state index contributed by atoms with van der Waals surface area (Å²) in [6.07, 6.45) is 5.33. The van der Waals surface area contributed by atoms with E-state index in [-0.39, 0.29) is 11.8 Å². The van der Waals surface area contributed by atoms with Crippen molar-refractivity contribution in [2.24, 2.45) is 5.92 Å². The minimum absolute atomic E-state index is 0.0314. The molecule has 1 heterocycles. The number of nitrogens with zero attached hydrogens (tertiary/aromatic N) is 1. The highest BCUT2D eigenvalue weighted by atomic mass is 32.2. The van der Waals surface area contributed by atoms with Crippen molar-refractivity contribution in [2.75, 3.05) is 24.2 Å². The van der Waals surface area contributed by atoms with Gasteiger partial charge >= 0.3 is 0 Å².